The summed E-state index contributed by atoms with van der Waals surface area (Å²) in [6.45, 7) is 1.99. The molecule has 1 amide bonds. The number of aromatic nitrogens is 1. The second-order valence-corrected chi connectivity index (χ2v) is 11.3. The Kier molecular flexibility index (Phi) is 6.44. The van der Waals surface area contributed by atoms with Crippen LogP contribution >= 0.6 is 0 Å². The molecule has 4 fully saturated rings. The summed E-state index contributed by atoms with van der Waals surface area (Å²) < 4.78 is 5.39. The highest BCUT2D eigenvalue weighted by Gasteiger charge is 2.51. The Bertz CT molecular complexity index is 1200. The van der Waals surface area contributed by atoms with Crippen LogP contribution in [0.5, 0.6) is 0 Å². The molecule has 2 aromatic heterocycles. The van der Waals surface area contributed by atoms with Gasteiger partial charge in [0.1, 0.15) is 11.6 Å². The van der Waals surface area contributed by atoms with Crippen LogP contribution in [0.2, 0.25) is 0 Å². The highest BCUT2D eigenvalue weighted by Crippen LogP contribution is 2.61. The first-order valence-corrected chi connectivity index (χ1v) is 13.4. The van der Waals surface area contributed by atoms with Crippen LogP contribution in [-0.2, 0) is 17.9 Å². The molecule has 3 aromatic rings. The lowest BCUT2D eigenvalue weighted by molar-refractivity contribution is -0.124. The summed E-state index contributed by atoms with van der Waals surface area (Å²) in [5.41, 5.74) is 2.76. The third kappa shape index (κ3) is 4.87. The van der Waals surface area contributed by atoms with Gasteiger partial charge in [-0.25, -0.2) is 4.98 Å². The van der Waals surface area contributed by atoms with Crippen LogP contribution in [0.4, 0.5) is 11.5 Å². The zero-order chi connectivity index (χ0) is 24.5. The van der Waals surface area contributed by atoms with E-state index in [1.165, 1.54) is 38.5 Å². The second kappa shape index (κ2) is 9.87. The number of carbonyl (C=O) groups excluding carboxylic acids is 1. The molecule has 4 aliphatic carbocycles. The molecular formula is C29H36N4O3. The molecule has 0 aliphatic heterocycles. The Morgan fingerprint density at radius 3 is 2.56 bits per heavy atom. The Morgan fingerprint density at radius 1 is 1.03 bits per heavy atom. The summed E-state index contributed by atoms with van der Waals surface area (Å²) in [6, 6.07) is 11.7. The fourth-order valence-corrected chi connectivity index (χ4v) is 7.55. The minimum absolute atomic E-state index is 0.0164. The molecule has 0 spiro atoms. The summed E-state index contributed by atoms with van der Waals surface area (Å²) in [5, 5.41) is 20.2. The molecular weight excluding hydrogens is 452 g/mol. The molecule has 36 heavy (non-hydrogen) atoms. The molecule has 190 valence electrons. The fraction of sp³-hybridized carbons (Fsp3) is 0.517. The molecule has 4 aliphatic rings. The minimum Gasteiger partial charge on any atom is -0.468 e. The number of aliphatic hydroxyl groups excluding tert-OH is 1. The van der Waals surface area contributed by atoms with E-state index in [1.54, 1.807) is 12.3 Å². The van der Waals surface area contributed by atoms with Crippen LogP contribution in [0.25, 0.3) is 10.9 Å². The van der Waals surface area contributed by atoms with E-state index in [0.29, 0.717) is 19.5 Å². The van der Waals surface area contributed by atoms with Crippen molar-refractivity contribution in [3.8, 4) is 0 Å². The van der Waals surface area contributed by atoms with E-state index in [1.807, 2.05) is 30.3 Å². The molecule has 7 nitrogen and oxygen atoms in total. The first-order valence-electron chi connectivity index (χ1n) is 13.4. The number of aliphatic hydroxyl groups is 1. The lowest BCUT2D eigenvalue weighted by atomic mass is 9.49. The normalized spacial score (nSPS) is 26.4. The van der Waals surface area contributed by atoms with Crippen molar-refractivity contribution in [3.63, 3.8) is 0 Å². The van der Waals surface area contributed by atoms with Crippen LogP contribution in [0.3, 0.4) is 0 Å². The molecule has 7 rings (SSSR count). The van der Waals surface area contributed by atoms with Crippen molar-refractivity contribution >= 4 is 28.3 Å². The zero-order valence-electron chi connectivity index (χ0n) is 20.8. The van der Waals surface area contributed by atoms with Gasteiger partial charge in [-0.05, 0) is 92.0 Å². The van der Waals surface area contributed by atoms with Crippen molar-refractivity contribution in [1.82, 2.24) is 10.3 Å². The van der Waals surface area contributed by atoms with Gasteiger partial charge in [0.15, 0.2) is 0 Å². The Hall–Kier alpha value is -2.90. The maximum atomic E-state index is 13.2. The Morgan fingerprint density at radius 2 is 1.81 bits per heavy atom. The highest BCUT2D eigenvalue weighted by molar-refractivity contribution is 6.01. The number of pyridine rings is 1. The van der Waals surface area contributed by atoms with E-state index in [9.17, 15) is 9.90 Å². The standard InChI is InChI=1S/C29H36N4O3/c34-18-22-6-9-36-26(22)17-30-7-8-31-27-5-4-23-24(32-27)2-1-3-25(23)33-28(35)16-29-13-19-10-20(14-29)12-21(11-19)15-29/h1-6,9,19-21,30,34H,7-8,10-18H2,(H,31,32)(H,33,35). The number of amides is 1. The van der Waals surface area contributed by atoms with Gasteiger partial charge in [-0.15, -0.1) is 0 Å². The molecule has 2 heterocycles. The van der Waals surface area contributed by atoms with Crippen LogP contribution in [0.15, 0.2) is 47.1 Å². The number of carbonyl (C=O) groups is 1. The van der Waals surface area contributed by atoms with Crippen molar-refractivity contribution < 1.29 is 14.3 Å². The molecule has 0 unspecified atom stereocenters. The van der Waals surface area contributed by atoms with Gasteiger partial charge in [0, 0.05) is 30.5 Å². The van der Waals surface area contributed by atoms with Gasteiger partial charge in [-0.1, -0.05) is 6.07 Å². The van der Waals surface area contributed by atoms with Gasteiger partial charge in [-0.3, -0.25) is 4.79 Å². The summed E-state index contributed by atoms with van der Waals surface area (Å²) in [5.74, 6) is 4.29. The third-order valence-electron chi connectivity index (χ3n) is 8.61. The number of hydrogen-bond donors (Lipinski definition) is 4. The van der Waals surface area contributed by atoms with Gasteiger partial charge in [0.2, 0.25) is 5.91 Å². The van der Waals surface area contributed by atoms with Gasteiger partial charge in [0.05, 0.1) is 30.6 Å². The van der Waals surface area contributed by atoms with E-state index in [4.69, 9.17) is 9.40 Å². The lowest BCUT2D eigenvalue weighted by Crippen LogP contribution is -2.47. The van der Waals surface area contributed by atoms with Crippen LogP contribution in [0.1, 0.15) is 56.3 Å². The topological polar surface area (TPSA) is 99.4 Å². The fourth-order valence-electron chi connectivity index (χ4n) is 7.55. The molecule has 4 saturated carbocycles. The quantitative estimate of drug-likeness (QED) is 0.298. The molecule has 0 saturated heterocycles. The van der Waals surface area contributed by atoms with Crippen molar-refractivity contribution in [2.45, 2.75) is 58.1 Å². The van der Waals surface area contributed by atoms with Crippen molar-refractivity contribution in [3.05, 3.63) is 54.0 Å². The summed E-state index contributed by atoms with van der Waals surface area (Å²) in [6.07, 6.45) is 10.2. The summed E-state index contributed by atoms with van der Waals surface area (Å²) >= 11 is 0. The zero-order valence-corrected chi connectivity index (χ0v) is 20.8. The van der Waals surface area contributed by atoms with E-state index in [-0.39, 0.29) is 17.9 Å². The SMILES string of the molecule is O=C(CC12CC3CC(CC(C3)C1)C2)Nc1cccc2nc(NCCNCc3occc3CO)ccc12. The maximum absolute atomic E-state index is 13.2. The number of rotatable bonds is 10. The molecule has 0 atom stereocenters. The van der Waals surface area contributed by atoms with Crippen LogP contribution in [0, 0.1) is 23.2 Å². The largest absolute Gasteiger partial charge is 0.468 e. The predicted octanol–water partition coefficient (Wildman–Crippen LogP) is 5.07. The summed E-state index contributed by atoms with van der Waals surface area (Å²) in [4.78, 5) is 17.9. The number of furan rings is 1. The van der Waals surface area contributed by atoms with E-state index >= 15 is 0 Å². The summed E-state index contributed by atoms with van der Waals surface area (Å²) in [7, 11) is 0. The van der Waals surface area contributed by atoms with Crippen molar-refractivity contribution in [2.24, 2.45) is 23.2 Å². The van der Waals surface area contributed by atoms with Gasteiger partial charge >= 0.3 is 0 Å². The predicted molar refractivity (Wildman–Crippen MR) is 140 cm³/mol. The third-order valence-corrected chi connectivity index (χ3v) is 8.61. The molecule has 4 N–H and O–H groups in total. The Balaban J connectivity index is 1.04. The second-order valence-electron chi connectivity index (χ2n) is 11.3. The monoisotopic (exact) mass is 488 g/mol. The highest BCUT2D eigenvalue weighted by atomic mass is 16.3. The number of fused-ring (bicyclic) bond motifs is 1. The molecule has 4 bridgehead atoms. The number of nitrogens with one attached hydrogen (secondary N) is 3. The van der Waals surface area contributed by atoms with Crippen molar-refractivity contribution in [2.75, 3.05) is 23.7 Å². The number of hydrogen-bond acceptors (Lipinski definition) is 6. The Labute approximate surface area is 212 Å². The van der Waals surface area contributed by atoms with E-state index in [0.717, 1.165) is 58.0 Å². The average molecular weight is 489 g/mol. The van der Waals surface area contributed by atoms with Gasteiger partial charge in [0.25, 0.3) is 0 Å². The number of anilines is 2. The smallest absolute Gasteiger partial charge is 0.224 e. The average Bonchev–Trinajstić information content (AvgIpc) is 3.30. The first kappa shape index (κ1) is 23.5. The minimum atomic E-state index is -0.0164. The lowest BCUT2D eigenvalue weighted by Gasteiger charge is -2.56. The van der Waals surface area contributed by atoms with Gasteiger partial charge < -0.3 is 25.5 Å². The molecule has 7 heteroatoms. The number of benzene rings is 1. The van der Waals surface area contributed by atoms with Crippen molar-refractivity contribution in [1.29, 1.82) is 0 Å². The van der Waals surface area contributed by atoms with Crippen LogP contribution < -0.4 is 16.0 Å². The maximum Gasteiger partial charge on any atom is 0.224 e. The van der Waals surface area contributed by atoms with Crippen LogP contribution in [-0.4, -0.2) is 29.1 Å². The van der Waals surface area contributed by atoms with E-state index < -0.39 is 0 Å². The molecule has 1 aromatic carbocycles. The number of nitrogens with zero attached hydrogens (tertiary/aromatic N) is 1. The first-order chi connectivity index (χ1) is 17.6. The molecule has 0 radical (unpaired) electrons. The van der Waals surface area contributed by atoms with E-state index in [2.05, 4.69) is 16.0 Å². The van der Waals surface area contributed by atoms with Gasteiger partial charge in [-0.2, -0.15) is 0 Å².